The molecule has 1 amide bonds. The first-order valence-electron chi connectivity index (χ1n) is 9.01. The van der Waals surface area contributed by atoms with Crippen LogP contribution >= 0.6 is 0 Å². The minimum atomic E-state index is -3.91. The highest BCUT2D eigenvalue weighted by Crippen LogP contribution is 2.17. The molecule has 1 aromatic heterocycles. The van der Waals surface area contributed by atoms with Crippen LogP contribution in [0.3, 0.4) is 0 Å². The predicted octanol–water partition coefficient (Wildman–Crippen LogP) is 2.72. The molecule has 1 heterocycles. The summed E-state index contributed by atoms with van der Waals surface area (Å²) >= 11 is 0. The maximum atomic E-state index is 13.0. The zero-order valence-corrected chi connectivity index (χ0v) is 16.2. The van der Waals surface area contributed by atoms with Crippen LogP contribution in [-0.2, 0) is 21.2 Å². The molecule has 3 N–H and O–H groups in total. The van der Waals surface area contributed by atoms with E-state index >= 15 is 0 Å². The molecule has 0 radical (unpaired) electrons. The summed E-state index contributed by atoms with van der Waals surface area (Å²) in [4.78, 5) is 15.5. The highest BCUT2D eigenvalue weighted by molar-refractivity contribution is 7.89. The fraction of sp³-hybridized carbons (Fsp3) is 0.250. The van der Waals surface area contributed by atoms with Crippen LogP contribution in [0, 0.1) is 5.82 Å². The second kappa shape index (κ2) is 8.53. The van der Waals surface area contributed by atoms with E-state index in [1.807, 2.05) is 30.5 Å². The Morgan fingerprint density at radius 2 is 1.86 bits per heavy atom. The number of benzene rings is 2. The van der Waals surface area contributed by atoms with Crippen molar-refractivity contribution in [3.63, 3.8) is 0 Å². The molecule has 2 aromatic carbocycles. The normalized spacial score (nSPS) is 12.8. The Morgan fingerprint density at radius 3 is 2.57 bits per heavy atom. The number of sulfonamides is 1. The minimum absolute atomic E-state index is 0.0843. The van der Waals surface area contributed by atoms with Gasteiger partial charge in [-0.2, -0.15) is 4.72 Å². The monoisotopic (exact) mass is 403 g/mol. The van der Waals surface area contributed by atoms with Crippen molar-refractivity contribution in [1.29, 1.82) is 0 Å². The summed E-state index contributed by atoms with van der Waals surface area (Å²) in [6, 6.07) is 11.5. The third-order valence-corrected chi connectivity index (χ3v) is 6.00. The van der Waals surface area contributed by atoms with E-state index in [1.54, 1.807) is 6.92 Å². The molecule has 0 aliphatic heterocycles. The number of halogens is 1. The van der Waals surface area contributed by atoms with Gasteiger partial charge in [-0.15, -0.1) is 0 Å². The fourth-order valence-corrected chi connectivity index (χ4v) is 4.25. The van der Waals surface area contributed by atoms with E-state index in [4.69, 9.17) is 0 Å². The number of hydrogen-bond acceptors (Lipinski definition) is 3. The average Bonchev–Trinajstić information content (AvgIpc) is 3.09. The van der Waals surface area contributed by atoms with Crippen LogP contribution in [0.1, 0.15) is 18.9 Å². The van der Waals surface area contributed by atoms with Crippen molar-refractivity contribution in [3.8, 4) is 0 Å². The van der Waals surface area contributed by atoms with E-state index in [9.17, 15) is 17.6 Å². The second-order valence-corrected chi connectivity index (χ2v) is 8.15. The Kier molecular flexibility index (Phi) is 6.11. The van der Waals surface area contributed by atoms with Gasteiger partial charge in [0.25, 0.3) is 0 Å². The fourth-order valence-electron chi connectivity index (χ4n) is 2.97. The van der Waals surface area contributed by atoms with E-state index < -0.39 is 27.8 Å². The molecular formula is C20H22FN3O3S. The molecule has 0 bridgehead atoms. The molecule has 1 atom stereocenters. The first kappa shape index (κ1) is 20.0. The van der Waals surface area contributed by atoms with Crippen molar-refractivity contribution in [2.24, 2.45) is 0 Å². The number of H-pyrrole nitrogens is 1. The number of aromatic nitrogens is 1. The van der Waals surface area contributed by atoms with Crippen molar-refractivity contribution in [3.05, 3.63) is 66.1 Å². The van der Waals surface area contributed by atoms with Crippen molar-refractivity contribution in [1.82, 2.24) is 15.0 Å². The summed E-state index contributed by atoms with van der Waals surface area (Å²) in [6.45, 7) is 2.10. The SMILES string of the molecule is CCC(NS(=O)(=O)c1ccc(F)cc1)C(=O)NCCc1c[nH]c2ccccc12. The van der Waals surface area contributed by atoms with Crippen LogP contribution in [0.2, 0.25) is 0 Å². The van der Waals surface area contributed by atoms with Crippen LogP contribution in [0.25, 0.3) is 10.9 Å². The number of carbonyl (C=O) groups is 1. The third kappa shape index (κ3) is 4.58. The van der Waals surface area contributed by atoms with Gasteiger partial charge in [-0.25, -0.2) is 12.8 Å². The van der Waals surface area contributed by atoms with Gasteiger partial charge in [0.1, 0.15) is 11.9 Å². The number of rotatable bonds is 8. The minimum Gasteiger partial charge on any atom is -0.361 e. The molecule has 0 aliphatic rings. The highest BCUT2D eigenvalue weighted by atomic mass is 32.2. The summed E-state index contributed by atoms with van der Waals surface area (Å²) < 4.78 is 40.2. The van der Waals surface area contributed by atoms with Crippen LogP contribution in [-0.4, -0.2) is 31.9 Å². The van der Waals surface area contributed by atoms with Crippen LogP contribution in [0.5, 0.6) is 0 Å². The molecule has 0 saturated carbocycles. The van der Waals surface area contributed by atoms with Gasteiger partial charge in [0.2, 0.25) is 15.9 Å². The van der Waals surface area contributed by atoms with Gasteiger partial charge in [0.15, 0.2) is 0 Å². The zero-order chi connectivity index (χ0) is 20.1. The molecule has 1 unspecified atom stereocenters. The molecule has 3 aromatic rings. The largest absolute Gasteiger partial charge is 0.361 e. The second-order valence-electron chi connectivity index (χ2n) is 6.44. The van der Waals surface area contributed by atoms with Gasteiger partial charge in [0.05, 0.1) is 4.90 Å². The maximum absolute atomic E-state index is 13.0. The summed E-state index contributed by atoms with van der Waals surface area (Å²) in [7, 11) is -3.91. The third-order valence-electron chi connectivity index (χ3n) is 4.51. The highest BCUT2D eigenvalue weighted by Gasteiger charge is 2.24. The van der Waals surface area contributed by atoms with E-state index in [0.717, 1.165) is 28.6 Å². The Bertz CT molecular complexity index is 1060. The number of nitrogens with one attached hydrogen (secondary N) is 3. The molecule has 8 heteroatoms. The molecule has 0 fully saturated rings. The number of fused-ring (bicyclic) bond motifs is 1. The standard InChI is InChI=1S/C20H22FN3O3S/c1-2-18(24-28(26,27)16-9-7-15(21)8-10-16)20(25)22-12-11-14-13-23-19-6-4-3-5-17(14)19/h3-10,13,18,23-24H,2,11-12H2,1H3,(H,22,25). The predicted molar refractivity (Wildman–Crippen MR) is 106 cm³/mol. The Labute approximate surface area is 163 Å². The summed E-state index contributed by atoms with van der Waals surface area (Å²) in [6.07, 6.45) is 2.82. The molecule has 3 rings (SSSR count). The zero-order valence-electron chi connectivity index (χ0n) is 15.4. The summed E-state index contributed by atoms with van der Waals surface area (Å²) in [5.41, 5.74) is 2.11. The lowest BCUT2D eigenvalue weighted by atomic mass is 10.1. The van der Waals surface area contributed by atoms with E-state index in [0.29, 0.717) is 19.4 Å². The van der Waals surface area contributed by atoms with E-state index in [-0.39, 0.29) is 4.90 Å². The molecule has 0 saturated heterocycles. The summed E-state index contributed by atoms with van der Waals surface area (Å²) in [5.74, 6) is -0.922. The number of para-hydroxylation sites is 1. The number of aromatic amines is 1. The topological polar surface area (TPSA) is 91.1 Å². The first-order valence-corrected chi connectivity index (χ1v) is 10.5. The van der Waals surface area contributed by atoms with Gasteiger partial charge in [-0.05, 0) is 48.7 Å². The Balaban J connectivity index is 1.59. The quantitative estimate of drug-likeness (QED) is 0.540. The smallest absolute Gasteiger partial charge is 0.241 e. The number of carbonyl (C=O) groups excluding carboxylic acids is 1. The number of hydrogen-bond donors (Lipinski definition) is 3. The van der Waals surface area contributed by atoms with Gasteiger partial charge in [0, 0.05) is 23.6 Å². The van der Waals surface area contributed by atoms with Gasteiger partial charge >= 0.3 is 0 Å². The Morgan fingerprint density at radius 1 is 1.14 bits per heavy atom. The molecule has 148 valence electrons. The number of amides is 1. The lowest BCUT2D eigenvalue weighted by Gasteiger charge is -2.17. The molecule has 0 spiro atoms. The van der Waals surface area contributed by atoms with Crippen LogP contribution < -0.4 is 10.0 Å². The van der Waals surface area contributed by atoms with E-state index in [2.05, 4.69) is 15.0 Å². The maximum Gasteiger partial charge on any atom is 0.241 e. The summed E-state index contributed by atoms with van der Waals surface area (Å²) in [5, 5.41) is 3.88. The molecule has 0 aliphatic carbocycles. The van der Waals surface area contributed by atoms with Crippen LogP contribution in [0.4, 0.5) is 4.39 Å². The average molecular weight is 403 g/mol. The first-order chi connectivity index (χ1) is 13.4. The van der Waals surface area contributed by atoms with E-state index in [1.165, 1.54) is 12.1 Å². The molecule has 6 nitrogen and oxygen atoms in total. The molecule has 28 heavy (non-hydrogen) atoms. The van der Waals surface area contributed by atoms with Crippen LogP contribution in [0.15, 0.2) is 59.6 Å². The van der Waals surface area contributed by atoms with Gasteiger partial charge < -0.3 is 10.3 Å². The lowest BCUT2D eigenvalue weighted by molar-refractivity contribution is -0.122. The van der Waals surface area contributed by atoms with Crippen molar-refractivity contribution in [2.45, 2.75) is 30.7 Å². The molecular weight excluding hydrogens is 381 g/mol. The Hall–Kier alpha value is -2.71. The van der Waals surface area contributed by atoms with Crippen molar-refractivity contribution >= 4 is 26.8 Å². The van der Waals surface area contributed by atoms with Gasteiger partial charge in [-0.1, -0.05) is 25.1 Å². The van der Waals surface area contributed by atoms with Crippen molar-refractivity contribution in [2.75, 3.05) is 6.54 Å². The lowest BCUT2D eigenvalue weighted by Crippen LogP contribution is -2.46. The van der Waals surface area contributed by atoms with Gasteiger partial charge in [-0.3, -0.25) is 4.79 Å². The van der Waals surface area contributed by atoms with Crippen molar-refractivity contribution < 1.29 is 17.6 Å².